The predicted molar refractivity (Wildman–Crippen MR) is 84.8 cm³/mol. The lowest BCUT2D eigenvalue weighted by atomic mass is 9.89. The first-order valence-corrected chi connectivity index (χ1v) is 8.36. The van der Waals surface area contributed by atoms with E-state index in [4.69, 9.17) is 4.74 Å². The first kappa shape index (κ1) is 15.5. The van der Waals surface area contributed by atoms with Crippen molar-refractivity contribution in [2.75, 3.05) is 19.8 Å². The minimum Gasteiger partial charge on any atom is -0.393 e. The van der Waals surface area contributed by atoms with Gasteiger partial charge < -0.3 is 14.7 Å². The van der Waals surface area contributed by atoms with Gasteiger partial charge in [0.25, 0.3) is 5.91 Å². The van der Waals surface area contributed by atoms with Crippen molar-refractivity contribution in [1.29, 1.82) is 0 Å². The average molecular weight is 303 g/mol. The van der Waals surface area contributed by atoms with Crippen LogP contribution in [0.15, 0.2) is 24.3 Å². The Hall–Kier alpha value is -1.39. The number of carbonyl (C=O) groups is 1. The van der Waals surface area contributed by atoms with Crippen molar-refractivity contribution in [3.05, 3.63) is 35.4 Å². The van der Waals surface area contributed by atoms with Gasteiger partial charge >= 0.3 is 0 Å². The van der Waals surface area contributed by atoms with Crippen LogP contribution in [0.2, 0.25) is 0 Å². The summed E-state index contributed by atoms with van der Waals surface area (Å²) >= 11 is 0. The van der Waals surface area contributed by atoms with E-state index < -0.39 is 0 Å². The summed E-state index contributed by atoms with van der Waals surface area (Å²) in [5, 5.41) is 10.2. The maximum absolute atomic E-state index is 12.8. The fourth-order valence-electron chi connectivity index (χ4n) is 3.65. The van der Waals surface area contributed by atoms with Crippen LogP contribution in [0.1, 0.15) is 42.1 Å². The van der Waals surface area contributed by atoms with Crippen LogP contribution in [0.3, 0.4) is 0 Å². The van der Waals surface area contributed by atoms with E-state index in [1.54, 1.807) is 0 Å². The molecule has 1 N–H and O–H groups in total. The van der Waals surface area contributed by atoms with E-state index in [-0.39, 0.29) is 24.0 Å². The van der Waals surface area contributed by atoms with Crippen molar-refractivity contribution < 1.29 is 14.6 Å². The number of amides is 1. The van der Waals surface area contributed by atoms with Crippen molar-refractivity contribution in [2.24, 2.45) is 5.92 Å². The SMILES string of the molecule is CCc1ccc(C(=O)N2CCC[C@@H]2[C@@H]2COCC[C@H]2O)cc1. The lowest BCUT2D eigenvalue weighted by Crippen LogP contribution is -2.48. The summed E-state index contributed by atoms with van der Waals surface area (Å²) in [6.45, 7) is 4.07. The van der Waals surface area contributed by atoms with Crippen molar-refractivity contribution in [3.63, 3.8) is 0 Å². The summed E-state index contributed by atoms with van der Waals surface area (Å²) in [6, 6.07) is 8.00. The number of hydrogen-bond acceptors (Lipinski definition) is 3. The zero-order valence-electron chi connectivity index (χ0n) is 13.2. The molecule has 0 aromatic heterocycles. The Balaban J connectivity index is 1.75. The molecule has 4 nitrogen and oxygen atoms in total. The van der Waals surface area contributed by atoms with Crippen LogP contribution in [-0.4, -0.2) is 47.8 Å². The fraction of sp³-hybridized carbons (Fsp3) is 0.611. The van der Waals surface area contributed by atoms with Crippen molar-refractivity contribution >= 4 is 5.91 Å². The molecule has 2 saturated heterocycles. The molecule has 3 atom stereocenters. The number of aryl methyl sites for hydroxylation is 1. The van der Waals surface area contributed by atoms with Crippen molar-refractivity contribution in [3.8, 4) is 0 Å². The zero-order valence-corrected chi connectivity index (χ0v) is 13.2. The fourth-order valence-corrected chi connectivity index (χ4v) is 3.65. The molecule has 4 heteroatoms. The summed E-state index contributed by atoms with van der Waals surface area (Å²) in [7, 11) is 0. The zero-order chi connectivity index (χ0) is 15.5. The van der Waals surface area contributed by atoms with E-state index in [0.717, 1.165) is 31.4 Å². The molecule has 2 aliphatic heterocycles. The molecule has 22 heavy (non-hydrogen) atoms. The topological polar surface area (TPSA) is 49.8 Å². The molecule has 0 spiro atoms. The van der Waals surface area contributed by atoms with Crippen molar-refractivity contribution in [2.45, 2.75) is 44.8 Å². The second-order valence-corrected chi connectivity index (χ2v) is 6.35. The molecule has 0 unspecified atom stereocenters. The molecular formula is C18H25NO3. The smallest absolute Gasteiger partial charge is 0.254 e. The van der Waals surface area contributed by atoms with Crippen molar-refractivity contribution in [1.82, 2.24) is 4.90 Å². The lowest BCUT2D eigenvalue weighted by molar-refractivity contribution is -0.0589. The van der Waals surface area contributed by atoms with Gasteiger partial charge in [0.05, 0.1) is 12.7 Å². The van der Waals surface area contributed by atoms with E-state index in [1.807, 2.05) is 29.2 Å². The van der Waals surface area contributed by atoms with Gasteiger partial charge in [-0.3, -0.25) is 4.79 Å². The first-order chi connectivity index (χ1) is 10.7. The number of aliphatic hydroxyl groups is 1. The summed E-state index contributed by atoms with van der Waals surface area (Å²) in [6.07, 6.45) is 3.27. The molecule has 0 aliphatic carbocycles. The Bertz CT molecular complexity index is 514. The number of likely N-dealkylation sites (tertiary alicyclic amines) is 1. The normalized spacial score (nSPS) is 28.8. The molecule has 120 valence electrons. The number of carbonyl (C=O) groups excluding carboxylic acids is 1. The van der Waals surface area contributed by atoms with Gasteiger partial charge in [-0.05, 0) is 43.4 Å². The first-order valence-electron chi connectivity index (χ1n) is 8.36. The van der Waals surface area contributed by atoms with Crippen LogP contribution in [0.4, 0.5) is 0 Å². The lowest BCUT2D eigenvalue weighted by Gasteiger charge is -2.37. The van der Waals surface area contributed by atoms with Gasteiger partial charge in [0.15, 0.2) is 0 Å². The number of rotatable bonds is 3. The Labute approximate surface area is 132 Å². The van der Waals surface area contributed by atoms with Gasteiger partial charge in [0, 0.05) is 30.7 Å². The van der Waals surface area contributed by atoms with Gasteiger partial charge in [-0.15, -0.1) is 0 Å². The average Bonchev–Trinajstić information content (AvgIpc) is 3.04. The second-order valence-electron chi connectivity index (χ2n) is 6.35. The highest BCUT2D eigenvalue weighted by Gasteiger charge is 2.39. The third-order valence-electron chi connectivity index (χ3n) is 5.03. The molecule has 2 fully saturated rings. The predicted octanol–water partition coefficient (Wildman–Crippen LogP) is 2.25. The van der Waals surface area contributed by atoms with Gasteiger partial charge in [0.2, 0.25) is 0 Å². The van der Waals surface area contributed by atoms with E-state index in [1.165, 1.54) is 5.56 Å². The number of nitrogens with zero attached hydrogens (tertiary/aromatic N) is 1. The Morgan fingerprint density at radius 3 is 2.77 bits per heavy atom. The quantitative estimate of drug-likeness (QED) is 0.932. The second kappa shape index (κ2) is 6.80. The number of benzene rings is 1. The maximum atomic E-state index is 12.8. The van der Waals surface area contributed by atoms with Gasteiger partial charge in [0.1, 0.15) is 0 Å². The number of hydrogen-bond donors (Lipinski definition) is 1. The molecule has 0 saturated carbocycles. The molecule has 1 aromatic carbocycles. The minimum absolute atomic E-state index is 0.0510. The van der Waals surface area contributed by atoms with Crippen LogP contribution in [-0.2, 0) is 11.2 Å². The van der Waals surface area contributed by atoms with Crippen LogP contribution < -0.4 is 0 Å². The van der Waals surface area contributed by atoms with Crippen LogP contribution in [0, 0.1) is 5.92 Å². The molecule has 1 amide bonds. The highest BCUT2D eigenvalue weighted by Crippen LogP contribution is 2.31. The molecule has 0 bridgehead atoms. The summed E-state index contributed by atoms with van der Waals surface area (Å²) in [5.74, 6) is 0.137. The summed E-state index contributed by atoms with van der Waals surface area (Å²) in [4.78, 5) is 14.8. The molecule has 3 rings (SSSR count). The molecule has 1 aromatic rings. The third kappa shape index (κ3) is 3.03. The van der Waals surface area contributed by atoms with Crippen LogP contribution >= 0.6 is 0 Å². The van der Waals surface area contributed by atoms with Gasteiger partial charge in [-0.2, -0.15) is 0 Å². The Morgan fingerprint density at radius 1 is 1.32 bits per heavy atom. The highest BCUT2D eigenvalue weighted by atomic mass is 16.5. The number of aliphatic hydroxyl groups excluding tert-OH is 1. The standard InChI is InChI=1S/C18H25NO3/c1-2-13-5-7-14(8-6-13)18(21)19-10-3-4-16(19)15-12-22-11-9-17(15)20/h5-8,15-17,20H,2-4,9-12H2,1H3/t15-,16+,17+/m0/s1. The van der Waals surface area contributed by atoms with E-state index in [0.29, 0.717) is 19.6 Å². The summed E-state index contributed by atoms with van der Waals surface area (Å²) in [5.41, 5.74) is 1.99. The molecular weight excluding hydrogens is 278 g/mol. The Kier molecular flexibility index (Phi) is 4.79. The largest absolute Gasteiger partial charge is 0.393 e. The maximum Gasteiger partial charge on any atom is 0.254 e. The van der Waals surface area contributed by atoms with E-state index >= 15 is 0 Å². The Morgan fingerprint density at radius 2 is 2.09 bits per heavy atom. The molecule has 2 heterocycles. The van der Waals surface area contributed by atoms with Gasteiger partial charge in [-0.1, -0.05) is 19.1 Å². The monoisotopic (exact) mass is 303 g/mol. The van der Waals surface area contributed by atoms with Crippen LogP contribution in [0.5, 0.6) is 0 Å². The minimum atomic E-state index is -0.352. The third-order valence-corrected chi connectivity index (χ3v) is 5.03. The molecule has 0 radical (unpaired) electrons. The summed E-state index contributed by atoms with van der Waals surface area (Å²) < 4.78 is 5.53. The highest BCUT2D eigenvalue weighted by molar-refractivity contribution is 5.94. The van der Waals surface area contributed by atoms with Crippen LogP contribution in [0.25, 0.3) is 0 Å². The van der Waals surface area contributed by atoms with Gasteiger partial charge in [-0.25, -0.2) is 0 Å². The van der Waals surface area contributed by atoms with E-state index in [2.05, 4.69) is 6.92 Å². The molecule has 2 aliphatic rings. The number of ether oxygens (including phenoxy) is 1. The van der Waals surface area contributed by atoms with E-state index in [9.17, 15) is 9.90 Å².